The van der Waals surface area contributed by atoms with Gasteiger partial charge in [-0.05, 0) is 0 Å². The van der Waals surface area contributed by atoms with E-state index in [-0.39, 0.29) is 32.2 Å². The van der Waals surface area contributed by atoms with E-state index in [0.717, 1.165) is 10.0 Å². The van der Waals surface area contributed by atoms with Crippen molar-refractivity contribution in [3.8, 4) is 0 Å². The molecule has 144 valence electrons. The van der Waals surface area contributed by atoms with Crippen LogP contribution in [0.2, 0.25) is 5.32 Å². The van der Waals surface area contributed by atoms with Crippen LogP contribution in [-0.2, 0) is 14.8 Å². The van der Waals surface area contributed by atoms with Gasteiger partial charge in [0.1, 0.15) is 0 Å². The van der Waals surface area contributed by atoms with E-state index in [0.29, 0.717) is 11.0 Å². The minimum atomic E-state index is -3.83. The Morgan fingerprint density at radius 1 is 0.857 bits per heavy atom. The van der Waals surface area contributed by atoms with Gasteiger partial charge in [-0.3, -0.25) is 0 Å². The van der Waals surface area contributed by atoms with Crippen LogP contribution in [-0.4, -0.2) is 35.7 Å². The molecule has 28 heavy (non-hydrogen) atoms. The van der Waals surface area contributed by atoms with E-state index in [1.165, 1.54) is 4.31 Å². The SMILES string of the molecule is Cc1ccc(S(=O)(=O)N(CC(=O)C[Se]c2ccccc2)c2ccccc2)cc1. The van der Waals surface area contributed by atoms with Gasteiger partial charge in [-0.1, -0.05) is 0 Å². The van der Waals surface area contributed by atoms with Crippen LogP contribution in [0.1, 0.15) is 5.56 Å². The number of carbonyl (C=O) groups excluding carboxylic acids is 1. The maximum atomic E-state index is 13.2. The van der Waals surface area contributed by atoms with Gasteiger partial charge >= 0.3 is 173 Å². The molecule has 0 N–H and O–H groups in total. The van der Waals surface area contributed by atoms with Crippen LogP contribution in [0.3, 0.4) is 0 Å². The Balaban J connectivity index is 1.83. The first-order chi connectivity index (χ1) is 13.5. The standard InChI is InChI=1S/C22H21NO3SSe/c1-18-12-14-21(15-13-18)27(25,26)23(19-8-4-2-5-9-19)16-20(24)17-28-22-10-6-3-7-11-22/h2-15H,16-17H2,1H3. The Morgan fingerprint density at radius 2 is 1.43 bits per heavy atom. The van der Waals surface area contributed by atoms with Gasteiger partial charge in [-0.15, -0.1) is 0 Å². The molecule has 0 aliphatic heterocycles. The number of para-hydroxylation sites is 1. The Kier molecular flexibility index (Phi) is 6.68. The van der Waals surface area contributed by atoms with E-state index < -0.39 is 10.0 Å². The van der Waals surface area contributed by atoms with Crippen molar-refractivity contribution in [1.29, 1.82) is 0 Å². The first kappa shape index (κ1) is 20.3. The number of Topliss-reactive ketones (excluding diaryl/α,β-unsaturated/α-hetero) is 1. The number of aryl methyl sites for hydroxylation is 1. The van der Waals surface area contributed by atoms with E-state index in [9.17, 15) is 13.2 Å². The Labute approximate surface area is 172 Å². The van der Waals surface area contributed by atoms with Crippen molar-refractivity contribution in [2.24, 2.45) is 0 Å². The summed E-state index contributed by atoms with van der Waals surface area (Å²) in [6.45, 7) is 1.73. The zero-order chi connectivity index (χ0) is 20.0. The van der Waals surface area contributed by atoms with Gasteiger partial charge in [-0.2, -0.15) is 0 Å². The fourth-order valence-electron chi connectivity index (χ4n) is 2.63. The normalized spacial score (nSPS) is 11.2. The van der Waals surface area contributed by atoms with Crippen molar-refractivity contribution < 1.29 is 13.2 Å². The van der Waals surface area contributed by atoms with Gasteiger partial charge in [0, 0.05) is 0 Å². The average Bonchev–Trinajstić information content (AvgIpc) is 2.72. The molecule has 0 amide bonds. The predicted molar refractivity (Wildman–Crippen MR) is 114 cm³/mol. The Morgan fingerprint density at radius 3 is 2.04 bits per heavy atom. The molecule has 0 unspecified atom stereocenters. The topological polar surface area (TPSA) is 54.5 Å². The van der Waals surface area contributed by atoms with E-state index in [1.807, 2.05) is 43.3 Å². The van der Waals surface area contributed by atoms with Crippen LogP contribution in [0.25, 0.3) is 0 Å². The maximum absolute atomic E-state index is 13.2. The zero-order valence-corrected chi connectivity index (χ0v) is 18.0. The fraction of sp³-hybridized carbons (Fsp3) is 0.136. The molecule has 0 aliphatic rings. The molecule has 4 nitrogen and oxygen atoms in total. The number of ketones is 1. The molecule has 0 saturated heterocycles. The van der Waals surface area contributed by atoms with Crippen LogP contribution >= 0.6 is 0 Å². The molecule has 3 aromatic rings. The Bertz CT molecular complexity index is 1020. The second kappa shape index (κ2) is 9.20. The molecule has 0 saturated carbocycles. The van der Waals surface area contributed by atoms with Crippen LogP contribution in [0.4, 0.5) is 5.69 Å². The summed E-state index contributed by atoms with van der Waals surface area (Å²) >= 11 is -0.0195. The van der Waals surface area contributed by atoms with Gasteiger partial charge in [0.2, 0.25) is 0 Å². The van der Waals surface area contributed by atoms with E-state index in [2.05, 4.69) is 0 Å². The first-order valence-electron chi connectivity index (χ1n) is 8.81. The summed E-state index contributed by atoms with van der Waals surface area (Å²) in [5, 5.41) is 0.351. The van der Waals surface area contributed by atoms with Crippen molar-refractivity contribution in [1.82, 2.24) is 0 Å². The molecule has 3 rings (SSSR count). The number of hydrogen-bond donors (Lipinski definition) is 0. The molecule has 0 spiro atoms. The summed E-state index contributed by atoms with van der Waals surface area (Å²) < 4.78 is 28.8. The van der Waals surface area contributed by atoms with Crippen molar-refractivity contribution in [3.05, 3.63) is 90.5 Å². The fourth-order valence-corrected chi connectivity index (χ4v) is 5.69. The molecule has 0 fully saturated rings. The monoisotopic (exact) mass is 459 g/mol. The average molecular weight is 458 g/mol. The van der Waals surface area contributed by atoms with Crippen LogP contribution in [0, 0.1) is 6.92 Å². The van der Waals surface area contributed by atoms with Crippen molar-refractivity contribution >= 4 is 40.9 Å². The quantitative estimate of drug-likeness (QED) is 0.488. The molecule has 0 aliphatic carbocycles. The van der Waals surface area contributed by atoms with E-state index >= 15 is 0 Å². The van der Waals surface area contributed by atoms with E-state index in [4.69, 9.17) is 0 Å². The molecular formula is C22H21NO3SSe. The van der Waals surface area contributed by atoms with Gasteiger partial charge in [-0.25, -0.2) is 0 Å². The van der Waals surface area contributed by atoms with Gasteiger partial charge in [0.15, 0.2) is 0 Å². The van der Waals surface area contributed by atoms with E-state index in [1.54, 1.807) is 48.5 Å². The summed E-state index contributed by atoms with van der Waals surface area (Å²) in [5.41, 5.74) is 1.47. The van der Waals surface area contributed by atoms with Gasteiger partial charge < -0.3 is 0 Å². The summed E-state index contributed by atoms with van der Waals surface area (Å²) in [5.74, 6) is -0.0941. The first-order valence-corrected chi connectivity index (χ1v) is 12.3. The minimum absolute atomic E-state index is 0.0195. The van der Waals surface area contributed by atoms with Gasteiger partial charge in [0.25, 0.3) is 0 Å². The summed E-state index contributed by atoms with van der Waals surface area (Å²) in [6.07, 6.45) is 0. The zero-order valence-electron chi connectivity index (χ0n) is 15.5. The van der Waals surface area contributed by atoms with Crippen LogP contribution in [0.15, 0.2) is 89.8 Å². The molecule has 0 bridgehead atoms. The summed E-state index contributed by atoms with van der Waals surface area (Å²) in [7, 11) is -3.83. The molecule has 3 aromatic carbocycles. The number of rotatable bonds is 8. The van der Waals surface area contributed by atoms with Crippen molar-refractivity contribution in [2.75, 3.05) is 10.8 Å². The van der Waals surface area contributed by atoms with Gasteiger partial charge in [0.05, 0.1) is 0 Å². The summed E-state index contributed by atoms with van der Waals surface area (Å²) in [6, 6.07) is 25.3. The number of hydrogen-bond acceptors (Lipinski definition) is 3. The van der Waals surface area contributed by atoms with Crippen molar-refractivity contribution in [3.63, 3.8) is 0 Å². The number of nitrogens with zero attached hydrogens (tertiary/aromatic N) is 1. The van der Waals surface area contributed by atoms with Crippen molar-refractivity contribution in [2.45, 2.75) is 17.1 Å². The number of sulfonamides is 1. The molecule has 0 atom stereocenters. The molecular weight excluding hydrogens is 437 g/mol. The number of anilines is 1. The Hall–Kier alpha value is -2.40. The third-order valence-electron chi connectivity index (χ3n) is 4.12. The number of carbonyl (C=O) groups is 1. The third kappa shape index (κ3) is 5.10. The number of benzene rings is 3. The second-order valence-electron chi connectivity index (χ2n) is 6.30. The molecule has 0 radical (unpaired) electrons. The predicted octanol–water partition coefficient (Wildman–Crippen LogP) is 3.21. The van der Waals surface area contributed by atoms with Crippen LogP contribution < -0.4 is 8.77 Å². The molecule has 0 aromatic heterocycles. The molecule has 6 heteroatoms. The van der Waals surface area contributed by atoms with Crippen LogP contribution in [0.5, 0.6) is 0 Å². The third-order valence-corrected chi connectivity index (χ3v) is 8.15. The molecule has 0 heterocycles. The summed E-state index contributed by atoms with van der Waals surface area (Å²) in [4.78, 5) is 12.8. The second-order valence-corrected chi connectivity index (χ2v) is 10.4.